The van der Waals surface area contributed by atoms with Crippen LogP contribution in [0.3, 0.4) is 0 Å². The van der Waals surface area contributed by atoms with Gasteiger partial charge >= 0.3 is 0 Å². The number of thiophene rings is 2. The first-order valence-electron chi connectivity index (χ1n) is 8.03. The molecular weight excluding hydrogens is 358 g/mol. The maximum atomic E-state index is 12.9. The average Bonchev–Trinajstić information content (AvgIpc) is 3.19. The molecule has 1 atom stereocenters. The molecule has 3 aromatic heterocycles. The van der Waals surface area contributed by atoms with Crippen LogP contribution in [0.1, 0.15) is 39.0 Å². The maximum Gasteiger partial charge on any atom is 0.262 e. The van der Waals surface area contributed by atoms with E-state index in [0.717, 1.165) is 4.88 Å². The smallest absolute Gasteiger partial charge is 0.262 e. The van der Waals surface area contributed by atoms with Crippen molar-refractivity contribution in [2.45, 2.75) is 31.9 Å². The standard InChI is InChI=1S/C17H17N3O3S2/c1-8-12-15(22)18-7-19-17(12)25-14(8)16(23)20-13(9-5-10(21)6-9)11-3-2-4-24-11/h2-4,7,9-10,13,21H,5-6H2,1H3,(H,20,23)(H,18,19,22)/t9?,10?,13-/m0/s1. The molecule has 130 valence electrons. The lowest BCUT2D eigenvalue weighted by Gasteiger charge is -2.37. The highest BCUT2D eigenvalue weighted by Gasteiger charge is 2.36. The highest BCUT2D eigenvalue weighted by atomic mass is 32.1. The van der Waals surface area contributed by atoms with Crippen LogP contribution in [0.5, 0.6) is 0 Å². The topological polar surface area (TPSA) is 95.1 Å². The summed E-state index contributed by atoms with van der Waals surface area (Å²) >= 11 is 2.83. The van der Waals surface area contributed by atoms with Gasteiger partial charge < -0.3 is 15.4 Å². The highest BCUT2D eigenvalue weighted by molar-refractivity contribution is 7.20. The number of aliphatic hydroxyl groups excluding tert-OH is 1. The molecule has 0 unspecified atom stereocenters. The van der Waals surface area contributed by atoms with Crippen LogP contribution in [0, 0.1) is 12.8 Å². The Morgan fingerprint density at radius 2 is 2.28 bits per heavy atom. The van der Waals surface area contributed by atoms with Crippen molar-refractivity contribution >= 4 is 38.8 Å². The number of rotatable bonds is 4. The number of aryl methyl sites for hydroxylation is 1. The van der Waals surface area contributed by atoms with Gasteiger partial charge in [0, 0.05) is 4.88 Å². The van der Waals surface area contributed by atoms with Gasteiger partial charge in [0.05, 0.1) is 28.7 Å². The molecule has 0 radical (unpaired) electrons. The first-order valence-corrected chi connectivity index (χ1v) is 9.73. The first-order chi connectivity index (χ1) is 12.0. The summed E-state index contributed by atoms with van der Waals surface area (Å²) in [5.41, 5.74) is 0.431. The van der Waals surface area contributed by atoms with E-state index in [9.17, 15) is 14.7 Å². The van der Waals surface area contributed by atoms with Gasteiger partial charge in [0.2, 0.25) is 0 Å². The van der Waals surface area contributed by atoms with Crippen molar-refractivity contribution in [3.8, 4) is 0 Å². The van der Waals surface area contributed by atoms with E-state index < -0.39 is 0 Å². The Balaban J connectivity index is 1.65. The molecule has 1 aliphatic rings. The first kappa shape index (κ1) is 16.4. The molecule has 4 rings (SSSR count). The Hall–Kier alpha value is -2.03. The van der Waals surface area contributed by atoms with Gasteiger partial charge in [-0.05, 0) is 42.7 Å². The van der Waals surface area contributed by atoms with E-state index in [0.29, 0.717) is 33.5 Å². The van der Waals surface area contributed by atoms with Crippen molar-refractivity contribution in [2.24, 2.45) is 5.92 Å². The number of H-pyrrole nitrogens is 1. The summed E-state index contributed by atoms with van der Waals surface area (Å²) in [7, 11) is 0. The van der Waals surface area contributed by atoms with Crippen LogP contribution in [0.2, 0.25) is 0 Å². The summed E-state index contributed by atoms with van der Waals surface area (Å²) < 4.78 is 0. The van der Waals surface area contributed by atoms with Gasteiger partial charge in [0.1, 0.15) is 4.83 Å². The predicted molar refractivity (Wildman–Crippen MR) is 98.2 cm³/mol. The summed E-state index contributed by atoms with van der Waals surface area (Å²) in [4.78, 5) is 33.8. The minimum Gasteiger partial charge on any atom is -0.393 e. The SMILES string of the molecule is Cc1c(C(=O)N[C@H](c2cccs2)C2CC(O)C2)sc2nc[nH]c(=O)c12. The van der Waals surface area contributed by atoms with E-state index in [-0.39, 0.29) is 29.5 Å². The Bertz CT molecular complexity index is 971. The summed E-state index contributed by atoms with van der Waals surface area (Å²) in [6, 6.07) is 3.85. The number of amides is 1. The predicted octanol–water partition coefficient (Wildman–Crippen LogP) is 2.60. The second kappa shape index (κ2) is 6.36. The van der Waals surface area contributed by atoms with Gasteiger partial charge in [-0.15, -0.1) is 22.7 Å². The molecule has 0 spiro atoms. The number of aromatic amines is 1. The molecule has 0 bridgehead atoms. The lowest BCUT2D eigenvalue weighted by molar-refractivity contribution is 0.0241. The molecule has 1 fully saturated rings. The highest BCUT2D eigenvalue weighted by Crippen LogP contribution is 2.40. The van der Waals surface area contributed by atoms with E-state index in [1.807, 2.05) is 17.5 Å². The number of hydrogen-bond acceptors (Lipinski definition) is 6. The molecule has 25 heavy (non-hydrogen) atoms. The van der Waals surface area contributed by atoms with Gasteiger partial charge in [-0.2, -0.15) is 0 Å². The Morgan fingerprint density at radius 1 is 1.48 bits per heavy atom. The molecule has 1 amide bonds. The van der Waals surface area contributed by atoms with Gasteiger partial charge in [-0.3, -0.25) is 9.59 Å². The number of carbonyl (C=O) groups excluding carboxylic acids is 1. The molecule has 1 saturated carbocycles. The van der Waals surface area contributed by atoms with Gasteiger partial charge in [0.15, 0.2) is 0 Å². The van der Waals surface area contributed by atoms with Gasteiger partial charge in [-0.1, -0.05) is 6.07 Å². The van der Waals surface area contributed by atoms with Crippen LogP contribution >= 0.6 is 22.7 Å². The monoisotopic (exact) mass is 375 g/mol. The van der Waals surface area contributed by atoms with Crippen molar-refractivity contribution < 1.29 is 9.90 Å². The van der Waals surface area contributed by atoms with Crippen LogP contribution < -0.4 is 10.9 Å². The molecular formula is C17H17N3O3S2. The fourth-order valence-electron chi connectivity index (χ4n) is 3.29. The van der Waals surface area contributed by atoms with Crippen molar-refractivity contribution in [3.05, 3.63) is 49.5 Å². The van der Waals surface area contributed by atoms with Crippen molar-refractivity contribution in [1.82, 2.24) is 15.3 Å². The van der Waals surface area contributed by atoms with Crippen LogP contribution in [-0.2, 0) is 0 Å². The van der Waals surface area contributed by atoms with Gasteiger partial charge in [0.25, 0.3) is 11.5 Å². The average molecular weight is 375 g/mol. The lowest BCUT2D eigenvalue weighted by Crippen LogP contribution is -2.41. The fourth-order valence-corrected chi connectivity index (χ4v) is 5.22. The number of nitrogens with zero attached hydrogens (tertiary/aromatic N) is 1. The zero-order valence-electron chi connectivity index (χ0n) is 13.5. The molecule has 0 saturated heterocycles. The molecule has 8 heteroatoms. The van der Waals surface area contributed by atoms with E-state index in [1.165, 1.54) is 17.7 Å². The van der Waals surface area contributed by atoms with Crippen molar-refractivity contribution in [2.75, 3.05) is 0 Å². The number of nitrogens with one attached hydrogen (secondary N) is 2. The van der Waals surface area contributed by atoms with Crippen molar-refractivity contribution in [1.29, 1.82) is 0 Å². The Kier molecular flexibility index (Phi) is 4.18. The molecule has 3 aromatic rings. The van der Waals surface area contributed by atoms with Gasteiger partial charge in [-0.25, -0.2) is 4.98 Å². The Morgan fingerprint density at radius 3 is 2.92 bits per heavy atom. The Labute approximate surface area is 151 Å². The maximum absolute atomic E-state index is 12.9. The summed E-state index contributed by atoms with van der Waals surface area (Å²) in [6.45, 7) is 1.78. The third-order valence-electron chi connectivity index (χ3n) is 4.70. The second-order valence-electron chi connectivity index (χ2n) is 6.32. The van der Waals surface area contributed by atoms with E-state index >= 15 is 0 Å². The van der Waals surface area contributed by atoms with Crippen LogP contribution in [-0.4, -0.2) is 27.1 Å². The molecule has 3 heterocycles. The number of hydrogen-bond donors (Lipinski definition) is 3. The number of aliphatic hydroxyl groups is 1. The largest absolute Gasteiger partial charge is 0.393 e. The van der Waals surface area contributed by atoms with Crippen LogP contribution in [0.25, 0.3) is 10.2 Å². The van der Waals surface area contributed by atoms with E-state index in [2.05, 4.69) is 15.3 Å². The minimum atomic E-state index is -0.279. The molecule has 0 aliphatic heterocycles. The molecule has 3 N–H and O–H groups in total. The number of carbonyl (C=O) groups is 1. The third-order valence-corrected chi connectivity index (χ3v) is 6.85. The van der Waals surface area contributed by atoms with E-state index in [4.69, 9.17) is 0 Å². The summed E-state index contributed by atoms with van der Waals surface area (Å²) in [5, 5.41) is 15.2. The minimum absolute atomic E-state index is 0.119. The van der Waals surface area contributed by atoms with Crippen LogP contribution in [0.4, 0.5) is 0 Å². The fraction of sp³-hybridized carbons (Fsp3) is 0.353. The molecule has 0 aromatic carbocycles. The summed E-state index contributed by atoms with van der Waals surface area (Å²) in [6.07, 6.45) is 2.45. The lowest BCUT2D eigenvalue weighted by atomic mass is 9.76. The third kappa shape index (κ3) is 2.90. The molecule has 1 aliphatic carbocycles. The number of fused-ring (bicyclic) bond motifs is 1. The zero-order chi connectivity index (χ0) is 17.6. The quantitative estimate of drug-likeness (QED) is 0.653. The summed E-state index contributed by atoms with van der Waals surface area (Å²) in [5.74, 6) is 0.0357. The second-order valence-corrected chi connectivity index (χ2v) is 8.30. The normalized spacial score (nSPS) is 21.0. The van der Waals surface area contributed by atoms with Crippen molar-refractivity contribution in [3.63, 3.8) is 0 Å². The number of aromatic nitrogens is 2. The molecule has 6 nitrogen and oxygen atoms in total. The zero-order valence-corrected chi connectivity index (χ0v) is 15.1. The van der Waals surface area contributed by atoms with E-state index in [1.54, 1.807) is 18.3 Å². The van der Waals surface area contributed by atoms with Crippen LogP contribution in [0.15, 0.2) is 28.6 Å².